The molecule has 352 valence electrons. The van der Waals surface area contributed by atoms with Gasteiger partial charge in [-0.15, -0.1) is 0 Å². The number of hydrogen-bond acceptors (Lipinski definition) is 11. The molecular weight excluding hydrogens is 837 g/mol. The van der Waals surface area contributed by atoms with Gasteiger partial charge >= 0.3 is 5.97 Å². The van der Waals surface area contributed by atoms with Crippen molar-refractivity contribution in [3.63, 3.8) is 0 Å². The van der Waals surface area contributed by atoms with Gasteiger partial charge in [0, 0.05) is 5.41 Å². The largest absolute Gasteiger partial charge is 0.491 e. The lowest BCUT2D eigenvalue weighted by molar-refractivity contribution is -0.151. The molecule has 5 aliphatic heterocycles. The summed E-state index contributed by atoms with van der Waals surface area (Å²) in [7, 11) is 0. The molecule has 11 nitrogen and oxygen atoms in total. The Morgan fingerprint density at radius 1 is 0.500 bits per heavy atom. The van der Waals surface area contributed by atoms with Crippen LogP contribution in [0.15, 0.2) is 97.1 Å². The van der Waals surface area contributed by atoms with Gasteiger partial charge in [-0.2, -0.15) is 0 Å². The summed E-state index contributed by atoms with van der Waals surface area (Å²) in [6.07, 6.45) is 11.2. The first-order valence-corrected chi connectivity index (χ1v) is 24.4. The maximum absolute atomic E-state index is 12.0. The summed E-state index contributed by atoms with van der Waals surface area (Å²) >= 11 is 0. The molecule has 5 saturated heterocycles. The highest BCUT2D eigenvalue weighted by Crippen LogP contribution is 2.51. The Labute approximate surface area is 389 Å². The van der Waals surface area contributed by atoms with Gasteiger partial charge in [0.25, 0.3) is 0 Å². The van der Waals surface area contributed by atoms with Crippen LogP contribution in [0.25, 0.3) is 0 Å². The average Bonchev–Trinajstić information content (AvgIpc) is 4.13. The van der Waals surface area contributed by atoms with Crippen LogP contribution in [0, 0.1) is 23.7 Å². The van der Waals surface area contributed by atoms with Crippen molar-refractivity contribution in [3.8, 4) is 23.0 Å². The van der Waals surface area contributed by atoms with Gasteiger partial charge in [-0.25, -0.2) is 0 Å². The molecule has 4 aromatic rings. The molecule has 8 aliphatic rings. The monoisotopic (exact) mass is 902 g/mol. The standard InChI is InChI=1S/C21H24O4.C19H20O4.C15H22O3/c1-21(2,15-3-7-17(8-4-15)22-11-19-13-24-19)16-5-9-18(10-6-16)23-12-20-14-25-20;1-5-16(20-10-18-12-22-18)6-2-14(1)9-15-3-7-17(8-4-15)21-11-19-13-23-19;16-15(11-3-4-13-14(7-11)18-13)17-8-9-1-2-10-6-12(10)5-9/h3-10,19-20H,11-14H2,1-2H3;1-8,18-19H,9-13H2;9-14H,1-8H2. The lowest BCUT2D eigenvalue weighted by atomic mass is 9.78. The van der Waals surface area contributed by atoms with E-state index in [-0.39, 0.29) is 29.5 Å². The summed E-state index contributed by atoms with van der Waals surface area (Å²) < 4.78 is 54.4. The third kappa shape index (κ3) is 13.5. The number of hydrogen-bond donors (Lipinski definition) is 0. The van der Waals surface area contributed by atoms with Crippen LogP contribution < -0.4 is 18.9 Å². The van der Waals surface area contributed by atoms with Crippen LogP contribution in [0.2, 0.25) is 0 Å². The normalized spacial score (nSPS) is 29.1. The number of ether oxygens (including phenoxy) is 10. The quantitative estimate of drug-likeness (QED) is 0.0662. The van der Waals surface area contributed by atoms with Crippen molar-refractivity contribution in [1.82, 2.24) is 0 Å². The zero-order valence-corrected chi connectivity index (χ0v) is 38.5. The molecule has 0 amide bonds. The molecule has 3 aliphatic carbocycles. The van der Waals surface area contributed by atoms with E-state index in [1.54, 1.807) is 0 Å². The molecule has 0 radical (unpaired) electrons. The second kappa shape index (κ2) is 20.7. The summed E-state index contributed by atoms with van der Waals surface area (Å²) in [4.78, 5) is 12.0. The number of epoxide rings is 5. The third-order valence-electron chi connectivity index (χ3n) is 14.2. The smallest absolute Gasteiger partial charge is 0.309 e. The van der Waals surface area contributed by atoms with Gasteiger partial charge < -0.3 is 47.4 Å². The van der Waals surface area contributed by atoms with E-state index < -0.39 is 0 Å². The number of esters is 1. The third-order valence-corrected chi connectivity index (χ3v) is 14.2. The molecule has 0 aromatic heterocycles. The highest BCUT2D eigenvalue weighted by Gasteiger charge is 2.47. The van der Waals surface area contributed by atoms with Gasteiger partial charge in [-0.1, -0.05) is 62.4 Å². The van der Waals surface area contributed by atoms with E-state index in [0.29, 0.717) is 63.4 Å². The van der Waals surface area contributed by atoms with Gasteiger partial charge in [0.2, 0.25) is 0 Å². The molecule has 0 bridgehead atoms. The zero-order valence-electron chi connectivity index (χ0n) is 38.5. The minimum absolute atomic E-state index is 0.0434. The Hall–Kier alpha value is -4.65. The molecule has 0 N–H and O–H groups in total. The predicted molar refractivity (Wildman–Crippen MR) is 248 cm³/mol. The zero-order chi connectivity index (χ0) is 44.9. The first-order chi connectivity index (χ1) is 32.3. The van der Waals surface area contributed by atoms with Crippen molar-refractivity contribution in [2.75, 3.05) is 59.5 Å². The molecule has 11 heteroatoms. The number of fused-ring (bicyclic) bond motifs is 2. The van der Waals surface area contributed by atoms with E-state index in [0.717, 1.165) is 86.9 Å². The van der Waals surface area contributed by atoms with Gasteiger partial charge in [-0.3, -0.25) is 4.79 Å². The Kier molecular flexibility index (Phi) is 14.2. The maximum atomic E-state index is 12.0. The molecule has 10 unspecified atom stereocenters. The fourth-order valence-electron chi connectivity index (χ4n) is 9.19. The Morgan fingerprint density at radius 2 is 0.939 bits per heavy atom. The molecular formula is C55H66O11. The maximum Gasteiger partial charge on any atom is 0.309 e. The lowest BCUT2D eigenvalue weighted by Crippen LogP contribution is -2.26. The van der Waals surface area contributed by atoms with Crippen LogP contribution in [0.4, 0.5) is 0 Å². The van der Waals surface area contributed by atoms with Crippen molar-refractivity contribution in [2.24, 2.45) is 23.7 Å². The molecule has 8 fully saturated rings. The topological polar surface area (TPSA) is 126 Å². The molecule has 4 aromatic carbocycles. The molecule has 10 atom stereocenters. The number of rotatable bonds is 19. The van der Waals surface area contributed by atoms with Crippen LogP contribution in [-0.2, 0) is 45.1 Å². The van der Waals surface area contributed by atoms with Crippen LogP contribution >= 0.6 is 0 Å². The van der Waals surface area contributed by atoms with Crippen LogP contribution in [0.5, 0.6) is 23.0 Å². The molecule has 0 spiro atoms. The summed E-state index contributed by atoms with van der Waals surface area (Å²) in [5, 5.41) is 0. The van der Waals surface area contributed by atoms with Crippen LogP contribution in [-0.4, -0.2) is 102 Å². The van der Waals surface area contributed by atoms with Crippen LogP contribution in [0.1, 0.15) is 81.0 Å². The van der Waals surface area contributed by atoms with Gasteiger partial charge in [-0.05, 0) is 140 Å². The van der Waals surface area contributed by atoms with Crippen molar-refractivity contribution in [2.45, 2.75) is 107 Å². The fourth-order valence-corrected chi connectivity index (χ4v) is 9.19. The molecule has 3 saturated carbocycles. The minimum Gasteiger partial charge on any atom is -0.491 e. The Balaban J connectivity index is 0.000000118. The SMILES string of the molecule is CC(C)(c1ccc(OCC2CO2)cc1)c1ccc(OCC2CO2)cc1.O=C(OCC1CCC2CC2C1)C1CCC2OC2C1.c1cc(OCC2CO2)ccc1Cc1ccc(OCC2CO2)cc1. The van der Waals surface area contributed by atoms with Crippen molar-refractivity contribution in [1.29, 1.82) is 0 Å². The minimum atomic E-state index is -0.0870. The van der Waals surface area contributed by atoms with Crippen molar-refractivity contribution >= 4 is 5.97 Å². The fraction of sp³-hybridized carbons (Fsp3) is 0.545. The van der Waals surface area contributed by atoms with E-state index in [2.05, 4.69) is 62.4 Å². The Bertz CT molecular complexity index is 2040. The number of carbonyl (C=O) groups is 1. The summed E-state index contributed by atoms with van der Waals surface area (Å²) in [6, 6.07) is 33.2. The van der Waals surface area contributed by atoms with E-state index in [1.807, 2.05) is 48.5 Å². The predicted octanol–water partition coefficient (Wildman–Crippen LogP) is 8.93. The van der Waals surface area contributed by atoms with E-state index in [1.165, 1.54) is 47.9 Å². The van der Waals surface area contributed by atoms with Crippen molar-refractivity contribution in [3.05, 3.63) is 119 Å². The van der Waals surface area contributed by atoms with Crippen molar-refractivity contribution < 1.29 is 52.2 Å². The lowest BCUT2D eigenvalue weighted by Gasteiger charge is -2.26. The first-order valence-electron chi connectivity index (χ1n) is 24.4. The second-order valence-corrected chi connectivity index (χ2v) is 20.0. The second-order valence-electron chi connectivity index (χ2n) is 20.0. The number of benzene rings is 4. The average molecular weight is 903 g/mol. The Morgan fingerprint density at radius 3 is 1.35 bits per heavy atom. The van der Waals surface area contributed by atoms with Crippen LogP contribution in [0.3, 0.4) is 0 Å². The van der Waals surface area contributed by atoms with Gasteiger partial charge in [0.15, 0.2) is 0 Å². The van der Waals surface area contributed by atoms with E-state index in [4.69, 9.17) is 47.4 Å². The van der Waals surface area contributed by atoms with E-state index in [9.17, 15) is 4.79 Å². The molecule has 12 rings (SSSR count). The summed E-state index contributed by atoms with van der Waals surface area (Å²) in [5.74, 6) is 6.38. The first kappa shape index (κ1) is 45.1. The van der Waals surface area contributed by atoms with Gasteiger partial charge in [0.05, 0.1) is 51.2 Å². The van der Waals surface area contributed by atoms with Gasteiger partial charge in [0.1, 0.15) is 73.8 Å². The molecule has 5 heterocycles. The highest BCUT2D eigenvalue weighted by atomic mass is 16.6. The molecule has 66 heavy (non-hydrogen) atoms. The van der Waals surface area contributed by atoms with E-state index >= 15 is 0 Å². The highest BCUT2D eigenvalue weighted by molar-refractivity contribution is 5.72. The summed E-state index contributed by atoms with van der Waals surface area (Å²) in [5.41, 5.74) is 4.95. The summed E-state index contributed by atoms with van der Waals surface area (Å²) in [6.45, 7) is 11.0. The number of carbonyl (C=O) groups excluding carboxylic acids is 1.